The average Bonchev–Trinajstić information content (AvgIpc) is 3.23. The molecule has 7 nitrogen and oxygen atoms in total. The lowest BCUT2D eigenvalue weighted by Gasteiger charge is -2.07. The van der Waals surface area contributed by atoms with Crippen LogP contribution >= 0.6 is 0 Å². The number of amides is 1. The molecule has 9 heteroatoms. The van der Waals surface area contributed by atoms with E-state index in [0.29, 0.717) is 22.8 Å². The Morgan fingerprint density at radius 3 is 2.55 bits per heavy atom. The van der Waals surface area contributed by atoms with Crippen molar-refractivity contribution in [3.05, 3.63) is 59.8 Å². The highest BCUT2D eigenvalue weighted by molar-refractivity contribution is 5.93. The Morgan fingerprint density at radius 1 is 1.03 bits per heavy atom. The minimum Gasteiger partial charge on any atom is -0.497 e. The predicted molar refractivity (Wildman–Crippen MR) is 99.2 cm³/mol. The van der Waals surface area contributed by atoms with E-state index in [0.717, 1.165) is 12.1 Å². The molecule has 1 N–H and O–H groups in total. The topological polar surface area (TPSA) is 82.8 Å². The number of ether oxygens (including phenoxy) is 3. The molecule has 0 unspecified atom stereocenters. The first-order chi connectivity index (χ1) is 14.0. The molecule has 2 aromatic carbocycles. The van der Waals surface area contributed by atoms with Crippen LogP contribution in [0.15, 0.2) is 47.0 Å². The van der Waals surface area contributed by atoms with Crippen LogP contribution in [0.25, 0.3) is 11.3 Å². The molecule has 1 heterocycles. The van der Waals surface area contributed by atoms with Crippen LogP contribution < -0.4 is 19.5 Å². The molecule has 0 fully saturated rings. The quantitative estimate of drug-likeness (QED) is 0.579. The van der Waals surface area contributed by atoms with Crippen LogP contribution in [-0.4, -0.2) is 38.4 Å². The molecule has 0 spiro atoms. The summed E-state index contributed by atoms with van der Waals surface area (Å²) in [6.07, 6.45) is 0. The number of hydrogen-bond donors (Lipinski definition) is 1. The maximum Gasteiger partial charge on any atom is 0.273 e. The lowest BCUT2D eigenvalue weighted by atomic mass is 10.1. The molecule has 0 bridgehead atoms. The van der Waals surface area contributed by atoms with E-state index >= 15 is 0 Å². The van der Waals surface area contributed by atoms with E-state index in [-0.39, 0.29) is 24.6 Å². The summed E-state index contributed by atoms with van der Waals surface area (Å²) in [5.74, 6) is -0.812. The van der Waals surface area contributed by atoms with Crippen molar-refractivity contribution in [1.82, 2.24) is 10.5 Å². The molecule has 0 saturated carbocycles. The third kappa shape index (κ3) is 4.81. The molecule has 3 rings (SSSR count). The number of benzene rings is 2. The van der Waals surface area contributed by atoms with Gasteiger partial charge in [-0.2, -0.15) is 0 Å². The lowest BCUT2D eigenvalue weighted by molar-refractivity contribution is 0.0938. The number of aromatic nitrogens is 1. The number of carbonyl (C=O) groups excluding carboxylic acids is 1. The Hall–Kier alpha value is -3.62. The summed E-state index contributed by atoms with van der Waals surface area (Å²) in [5, 5.41) is 6.37. The van der Waals surface area contributed by atoms with Gasteiger partial charge >= 0.3 is 0 Å². The van der Waals surface area contributed by atoms with Crippen molar-refractivity contribution < 1.29 is 32.3 Å². The van der Waals surface area contributed by atoms with Gasteiger partial charge in [-0.25, -0.2) is 8.78 Å². The van der Waals surface area contributed by atoms with Crippen LogP contribution in [0.4, 0.5) is 8.78 Å². The molecule has 1 amide bonds. The van der Waals surface area contributed by atoms with Gasteiger partial charge in [0.15, 0.2) is 23.1 Å². The Kier molecular flexibility index (Phi) is 6.28. The lowest BCUT2D eigenvalue weighted by Crippen LogP contribution is -2.28. The van der Waals surface area contributed by atoms with Crippen LogP contribution in [0.2, 0.25) is 0 Å². The van der Waals surface area contributed by atoms with E-state index in [9.17, 15) is 13.6 Å². The highest BCUT2D eigenvalue weighted by Crippen LogP contribution is 2.33. The summed E-state index contributed by atoms with van der Waals surface area (Å²) in [7, 11) is 3.05. The average molecular weight is 404 g/mol. The molecule has 0 saturated heterocycles. The first kappa shape index (κ1) is 20.1. The van der Waals surface area contributed by atoms with Gasteiger partial charge in [-0.1, -0.05) is 5.16 Å². The fourth-order valence-electron chi connectivity index (χ4n) is 2.51. The molecule has 0 aliphatic carbocycles. The van der Waals surface area contributed by atoms with Crippen molar-refractivity contribution in [1.29, 1.82) is 0 Å². The SMILES string of the molecule is COc1ccc(OC)c(-c2cc(C(=O)NCCOc3ccc(F)c(F)c3)no2)c1. The van der Waals surface area contributed by atoms with Gasteiger partial charge in [-0.05, 0) is 30.3 Å². The number of methoxy groups -OCH3 is 2. The minimum atomic E-state index is -1.00. The highest BCUT2D eigenvalue weighted by Gasteiger charge is 2.17. The highest BCUT2D eigenvalue weighted by atomic mass is 19.2. The van der Waals surface area contributed by atoms with Gasteiger partial charge in [0.25, 0.3) is 5.91 Å². The van der Waals surface area contributed by atoms with Crippen LogP contribution in [-0.2, 0) is 0 Å². The van der Waals surface area contributed by atoms with Gasteiger partial charge in [-0.3, -0.25) is 4.79 Å². The molecule has 3 aromatic rings. The summed E-state index contributed by atoms with van der Waals surface area (Å²) in [6.45, 7) is 0.188. The molecule has 152 valence electrons. The first-order valence-corrected chi connectivity index (χ1v) is 8.57. The molecule has 0 radical (unpaired) electrons. The van der Waals surface area contributed by atoms with Gasteiger partial charge in [0.1, 0.15) is 23.9 Å². The third-order valence-electron chi connectivity index (χ3n) is 3.96. The second kappa shape index (κ2) is 9.05. The summed E-state index contributed by atoms with van der Waals surface area (Å²) >= 11 is 0. The molecule has 1 aromatic heterocycles. The van der Waals surface area contributed by atoms with Crippen molar-refractivity contribution >= 4 is 5.91 Å². The van der Waals surface area contributed by atoms with E-state index in [1.807, 2.05) is 0 Å². The second-order valence-corrected chi connectivity index (χ2v) is 5.82. The molecule has 29 heavy (non-hydrogen) atoms. The van der Waals surface area contributed by atoms with Crippen molar-refractivity contribution in [2.75, 3.05) is 27.4 Å². The summed E-state index contributed by atoms with van der Waals surface area (Å²) < 4.78 is 47.0. The standard InChI is InChI=1S/C20H18F2N2O5/c1-26-12-4-6-18(27-2)14(9-12)19-11-17(24-29-19)20(25)23-7-8-28-13-3-5-15(21)16(22)10-13/h3-6,9-11H,7-8H2,1-2H3,(H,23,25). The summed E-state index contributed by atoms with van der Waals surface area (Å²) in [6, 6.07) is 9.83. The monoisotopic (exact) mass is 404 g/mol. The van der Waals surface area contributed by atoms with Crippen molar-refractivity contribution in [3.63, 3.8) is 0 Å². The second-order valence-electron chi connectivity index (χ2n) is 5.82. The molecule has 0 aliphatic rings. The van der Waals surface area contributed by atoms with E-state index in [4.69, 9.17) is 18.7 Å². The van der Waals surface area contributed by atoms with Crippen molar-refractivity contribution in [2.24, 2.45) is 0 Å². The van der Waals surface area contributed by atoms with Crippen LogP contribution in [0.1, 0.15) is 10.5 Å². The zero-order valence-corrected chi connectivity index (χ0v) is 15.7. The Bertz CT molecular complexity index is 1010. The van der Waals surface area contributed by atoms with Crippen LogP contribution in [0.3, 0.4) is 0 Å². The maximum absolute atomic E-state index is 13.1. The van der Waals surface area contributed by atoms with E-state index < -0.39 is 17.5 Å². The molecular weight excluding hydrogens is 386 g/mol. The fraction of sp³-hybridized carbons (Fsp3) is 0.200. The van der Waals surface area contributed by atoms with Gasteiger partial charge in [0.2, 0.25) is 0 Å². The van der Waals surface area contributed by atoms with Gasteiger partial charge in [0.05, 0.1) is 26.3 Å². The Morgan fingerprint density at radius 2 is 1.83 bits per heavy atom. The normalized spacial score (nSPS) is 10.5. The van der Waals surface area contributed by atoms with Crippen molar-refractivity contribution in [3.8, 4) is 28.6 Å². The predicted octanol–water partition coefficient (Wildman–Crippen LogP) is 3.45. The van der Waals surface area contributed by atoms with E-state index in [2.05, 4.69) is 10.5 Å². The minimum absolute atomic E-state index is 0.0607. The van der Waals surface area contributed by atoms with Crippen molar-refractivity contribution in [2.45, 2.75) is 0 Å². The largest absolute Gasteiger partial charge is 0.497 e. The molecular formula is C20H18F2N2O5. The van der Waals surface area contributed by atoms with Gasteiger partial charge in [-0.15, -0.1) is 0 Å². The Balaban J connectivity index is 1.59. The van der Waals surface area contributed by atoms with Gasteiger partial charge in [0, 0.05) is 12.1 Å². The zero-order chi connectivity index (χ0) is 20.8. The Labute approximate surface area is 165 Å². The fourth-order valence-corrected chi connectivity index (χ4v) is 2.51. The van der Waals surface area contributed by atoms with Gasteiger partial charge < -0.3 is 24.1 Å². The zero-order valence-electron chi connectivity index (χ0n) is 15.7. The smallest absolute Gasteiger partial charge is 0.273 e. The van der Waals surface area contributed by atoms with Crippen LogP contribution in [0, 0.1) is 11.6 Å². The molecule has 0 aliphatic heterocycles. The third-order valence-corrected chi connectivity index (χ3v) is 3.96. The number of carbonyl (C=O) groups is 1. The van der Waals surface area contributed by atoms with E-state index in [1.54, 1.807) is 18.2 Å². The summed E-state index contributed by atoms with van der Waals surface area (Å²) in [4.78, 5) is 12.2. The maximum atomic E-state index is 13.1. The summed E-state index contributed by atoms with van der Waals surface area (Å²) in [5.41, 5.74) is 0.651. The van der Waals surface area contributed by atoms with E-state index in [1.165, 1.54) is 26.4 Å². The number of halogens is 2. The number of rotatable bonds is 8. The number of nitrogens with zero attached hydrogens (tertiary/aromatic N) is 1. The van der Waals surface area contributed by atoms with Crippen LogP contribution in [0.5, 0.6) is 17.2 Å². The first-order valence-electron chi connectivity index (χ1n) is 8.57. The number of hydrogen-bond acceptors (Lipinski definition) is 6. The molecule has 0 atom stereocenters. The number of nitrogens with one attached hydrogen (secondary N) is 1.